The van der Waals surface area contributed by atoms with E-state index in [4.69, 9.17) is 9.47 Å². The number of nitrogens with zero attached hydrogens (tertiary/aromatic N) is 6. The number of carbonyl (C=O) groups excluding carboxylic acids is 1. The third-order valence-electron chi connectivity index (χ3n) is 4.87. The maximum Gasteiger partial charge on any atom is 0.332 e. The molecule has 1 aromatic carbocycles. The van der Waals surface area contributed by atoms with Crippen molar-refractivity contribution in [1.29, 1.82) is 0 Å². The highest BCUT2D eigenvalue weighted by Gasteiger charge is 2.20. The molecule has 0 fully saturated rings. The standard InChI is InChI=1S/C18H15N7O5S2/c1-23-11-12(24(2)18(28)25(3)14(11)27)19-16(23)32-17-22-21-15(31-17)20-13(26)8-4-5-9-10(6-8)30-7-29-9/h4-6H,7H2,1-3H3,(H,20,21,26). The number of hydrogen-bond donors (Lipinski definition) is 1. The zero-order valence-corrected chi connectivity index (χ0v) is 18.6. The fourth-order valence-electron chi connectivity index (χ4n) is 3.18. The summed E-state index contributed by atoms with van der Waals surface area (Å²) in [5.74, 6) is 0.733. The molecule has 164 valence electrons. The minimum atomic E-state index is -0.457. The number of ether oxygens (including phenoxy) is 2. The third-order valence-corrected chi connectivity index (χ3v) is 6.81. The van der Waals surface area contributed by atoms with Crippen LogP contribution >= 0.6 is 23.1 Å². The number of anilines is 1. The monoisotopic (exact) mass is 473 g/mol. The summed E-state index contributed by atoms with van der Waals surface area (Å²) in [5.41, 5.74) is 0.0909. The fraction of sp³-hybridized carbons (Fsp3) is 0.222. The predicted octanol–water partition coefficient (Wildman–Crippen LogP) is 0.954. The number of rotatable bonds is 4. The van der Waals surface area contributed by atoms with Gasteiger partial charge in [-0.2, -0.15) is 0 Å². The van der Waals surface area contributed by atoms with Gasteiger partial charge < -0.3 is 14.0 Å². The van der Waals surface area contributed by atoms with Gasteiger partial charge in [0.15, 0.2) is 32.2 Å². The molecule has 0 atom stereocenters. The van der Waals surface area contributed by atoms with Gasteiger partial charge in [0.05, 0.1) is 0 Å². The van der Waals surface area contributed by atoms with Crippen LogP contribution in [0.2, 0.25) is 0 Å². The number of fused-ring (bicyclic) bond motifs is 2. The first-order chi connectivity index (χ1) is 15.3. The summed E-state index contributed by atoms with van der Waals surface area (Å²) >= 11 is 2.33. The maximum atomic E-state index is 12.5. The molecular formula is C18H15N7O5S2. The molecular weight excluding hydrogens is 458 g/mol. The van der Waals surface area contributed by atoms with Gasteiger partial charge in [-0.1, -0.05) is 11.3 Å². The minimum absolute atomic E-state index is 0.125. The zero-order valence-electron chi connectivity index (χ0n) is 17.0. The van der Waals surface area contributed by atoms with E-state index in [1.54, 1.807) is 36.9 Å². The van der Waals surface area contributed by atoms with E-state index in [2.05, 4.69) is 20.5 Å². The summed E-state index contributed by atoms with van der Waals surface area (Å²) in [6, 6.07) is 4.89. The van der Waals surface area contributed by atoms with Crippen molar-refractivity contribution in [2.75, 3.05) is 12.1 Å². The van der Waals surface area contributed by atoms with Gasteiger partial charge in [0.1, 0.15) is 0 Å². The SMILES string of the molecule is Cn1c(=O)c2c(nc(Sc3nnc(NC(=O)c4ccc5c(c4)OCO5)s3)n2C)n(C)c1=O. The zero-order chi connectivity index (χ0) is 22.6. The molecule has 0 bridgehead atoms. The van der Waals surface area contributed by atoms with Crippen LogP contribution in [-0.2, 0) is 21.1 Å². The lowest BCUT2D eigenvalue weighted by Gasteiger charge is -2.03. The average molecular weight is 473 g/mol. The summed E-state index contributed by atoms with van der Waals surface area (Å²) in [6.45, 7) is 0.125. The molecule has 0 radical (unpaired) electrons. The van der Waals surface area contributed by atoms with Gasteiger partial charge in [-0.25, -0.2) is 9.78 Å². The number of nitrogens with one attached hydrogen (secondary N) is 1. The van der Waals surface area contributed by atoms with Gasteiger partial charge >= 0.3 is 5.69 Å². The van der Waals surface area contributed by atoms with Crippen molar-refractivity contribution >= 4 is 45.3 Å². The normalized spacial score (nSPS) is 12.5. The molecule has 4 aromatic rings. The Kier molecular flexibility index (Phi) is 4.74. The highest BCUT2D eigenvalue weighted by molar-refractivity contribution is 8.01. The Morgan fingerprint density at radius 3 is 2.69 bits per heavy atom. The molecule has 1 aliphatic rings. The highest BCUT2D eigenvalue weighted by atomic mass is 32.2. The fourth-order valence-corrected chi connectivity index (χ4v) is 4.87. The van der Waals surface area contributed by atoms with Crippen molar-refractivity contribution in [2.24, 2.45) is 21.1 Å². The molecule has 32 heavy (non-hydrogen) atoms. The van der Waals surface area contributed by atoms with E-state index in [0.717, 1.165) is 15.9 Å². The third kappa shape index (κ3) is 3.23. The van der Waals surface area contributed by atoms with Crippen LogP contribution in [0.15, 0.2) is 37.3 Å². The summed E-state index contributed by atoms with van der Waals surface area (Å²) in [4.78, 5) is 41.6. The lowest BCUT2D eigenvalue weighted by molar-refractivity contribution is 0.102. The average Bonchev–Trinajstić information content (AvgIpc) is 3.50. The number of carbonyl (C=O) groups is 1. The number of benzene rings is 1. The molecule has 0 unspecified atom stereocenters. The molecule has 0 saturated carbocycles. The molecule has 1 aliphatic heterocycles. The van der Waals surface area contributed by atoms with E-state index < -0.39 is 11.2 Å². The van der Waals surface area contributed by atoms with Crippen molar-refractivity contribution in [3.8, 4) is 11.5 Å². The summed E-state index contributed by atoms with van der Waals surface area (Å²) in [5, 5.41) is 11.5. The second kappa shape index (κ2) is 7.49. The lowest BCUT2D eigenvalue weighted by atomic mass is 10.2. The van der Waals surface area contributed by atoms with Crippen molar-refractivity contribution in [3.05, 3.63) is 44.6 Å². The predicted molar refractivity (Wildman–Crippen MR) is 116 cm³/mol. The van der Waals surface area contributed by atoms with Crippen LogP contribution in [0.3, 0.4) is 0 Å². The lowest BCUT2D eigenvalue weighted by Crippen LogP contribution is -2.37. The minimum Gasteiger partial charge on any atom is -0.454 e. The Balaban J connectivity index is 1.38. The second-order valence-corrected chi connectivity index (χ2v) is 9.02. The molecule has 0 saturated heterocycles. The smallest absolute Gasteiger partial charge is 0.332 e. The largest absolute Gasteiger partial charge is 0.454 e. The van der Waals surface area contributed by atoms with Crippen molar-refractivity contribution in [2.45, 2.75) is 9.50 Å². The van der Waals surface area contributed by atoms with E-state index in [1.165, 1.54) is 23.4 Å². The summed E-state index contributed by atoms with van der Waals surface area (Å²) in [7, 11) is 4.66. The van der Waals surface area contributed by atoms with Crippen LogP contribution in [0.4, 0.5) is 5.13 Å². The number of imidazole rings is 1. The highest BCUT2D eigenvalue weighted by Crippen LogP contribution is 2.34. The van der Waals surface area contributed by atoms with Gasteiger partial charge in [0, 0.05) is 26.7 Å². The molecule has 0 spiro atoms. The number of aryl methyl sites for hydroxylation is 2. The Morgan fingerprint density at radius 2 is 1.88 bits per heavy atom. The number of hydrogen-bond acceptors (Lipinski definition) is 10. The van der Waals surface area contributed by atoms with Crippen molar-refractivity contribution < 1.29 is 14.3 Å². The number of amides is 1. The molecule has 1 amide bonds. The molecule has 5 rings (SSSR count). The Morgan fingerprint density at radius 1 is 1.09 bits per heavy atom. The Hall–Kier alpha value is -3.65. The van der Waals surface area contributed by atoms with E-state index in [1.807, 2.05) is 0 Å². The van der Waals surface area contributed by atoms with Gasteiger partial charge in [-0.3, -0.25) is 24.0 Å². The Bertz CT molecular complexity index is 1520. The van der Waals surface area contributed by atoms with Crippen LogP contribution in [0, 0.1) is 0 Å². The summed E-state index contributed by atoms with van der Waals surface area (Å²) < 4.78 is 15.0. The molecule has 12 nitrogen and oxygen atoms in total. The summed E-state index contributed by atoms with van der Waals surface area (Å²) in [6.07, 6.45) is 0. The van der Waals surface area contributed by atoms with Crippen LogP contribution in [0.5, 0.6) is 11.5 Å². The second-order valence-electron chi connectivity index (χ2n) is 6.83. The van der Waals surface area contributed by atoms with E-state index >= 15 is 0 Å². The van der Waals surface area contributed by atoms with Crippen LogP contribution in [0.25, 0.3) is 11.2 Å². The maximum absolute atomic E-state index is 12.5. The van der Waals surface area contributed by atoms with E-state index in [-0.39, 0.29) is 18.3 Å². The van der Waals surface area contributed by atoms with Gasteiger partial charge in [-0.15, -0.1) is 10.2 Å². The molecule has 3 aromatic heterocycles. The first-order valence-corrected chi connectivity index (χ1v) is 10.8. The quantitative estimate of drug-likeness (QED) is 0.430. The van der Waals surface area contributed by atoms with Gasteiger partial charge in [0.25, 0.3) is 11.5 Å². The van der Waals surface area contributed by atoms with E-state index in [9.17, 15) is 14.4 Å². The first kappa shape index (κ1) is 20.3. The first-order valence-electron chi connectivity index (χ1n) is 9.18. The van der Waals surface area contributed by atoms with Crippen LogP contribution in [-0.4, -0.2) is 41.6 Å². The van der Waals surface area contributed by atoms with Crippen molar-refractivity contribution in [1.82, 2.24) is 28.9 Å². The van der Waals surface area contributed by atoms with E-state index in [0.29, 0.717) is 37.2 Å². The molecule has 4 heterocycles. The van der Waals surface area contributed by atoms with Crippen LogP contribution < -0.4 is 26.0 Å². The molecule has 1 N–H and O–H groups in total. The molecule has 0 aliphatic carbocycles. The van der Waals surface area contributed by atoms with Crippen molar-refractivity contribution in [3.63, 3.8) is 0 Å². The van der Waals surface area contributed by atoms with Gasteiger partial charge in [0.2, 0.25) is 11.9 Å². The van der Waals surface area contributed by atoms with Gasteiger partial charge in [-0.05, 0) is 30.0 Å². The Labute approximate surface area is 187 Å². The molecule has 14 heteroatoms. The van der Waals surface area contributed by atoms with Crippen LogP contribution in [0.1, 0.15) is 10.4 Å². The number of aromatic nitrogens is 6. The topological polar surface area (TPSA) is 135 Å².